The SMILES string of the molecule is Cn1nnc(CC(=O)CCNC(C)(C)C)n1. The summed E-state index contributed by atoms with van der Waals surface area (Å²) in [4.78, 5) is 12.9. The van der Waals surface area contributed by atoms with E-state index in [0.29, 0.717) is 18.8 Å². The van der Waals surface area contributed by atoms with Crippen molar-refractivity contribution < 1.29 is 4.79 Å². The molecule has 0 radical (unpaired) electrons. The first kappa shape index (κ1) is 12.8. The van der Waals surface area contributed by atoms with Crippen LogP contribution in [0.1, 0.15) is 33.0 Å². The molecule has 0 atom stereocenters. The molecule has 1 N–H and O–H groups in total. The van der Waals surface area contributed by atoms with Gasteiger partial charge in [-0.3, -0.25) is 4.79 Å². The summed E-state index contributed by atoms with van der Waals surface area (Å²) in [5, 5.41) is 14.7. The zero-order chi connectivity index (χ0) is 12.2. The number of aryl methyl sites for hydroxylation is 1. The Kier molecular flexibility index (Phi) is 4.12. The van der Waals surface area contributed by atoms with Crippen molar-refractivity contribution in [1.29, 1.82) is 0 Å². The van der Waals surface area contributed by atoms with E-state index in [0.717, 1.165) is 0 Å². The lowest BCUT2D eigenvalue weighted by Gasteiger charge is -2.19. The monoisotopic (exact) mass is 225 g/mol. The second kappa shape index (κ2) is 5.16. The van der Waals surface area contributed by atoms with Gasteiger partial charge in [-0.1, -0.05) is 0 Å². The second-order valence-electron chi connectivity index (χ2n) is 4.84. The fraction of sp³-hybridized carbons (Fsp3) is 0.800. The van der Waals surface area contributed by atoms with Gasteiger partial charge in [0.05, 0.1) is 13.5 Å². The molecule has 0 bridgehead atoms. The summed E-state index contributed by atoms with van der Waals surface area (Å²) in [6.07, 6.45) is 0.759. The minimum Gasteiger partial charge on any atom is -0.312 e. The molecular weight excluding hydrogens is 206 g/mol. The van der Waals surface area contributed by atoms with Crippen LogP contribution in [-0.2, 0) is 18.3 Å². The molecule has 0 saturated carbocycles. The van der Waals surface area contributed by atoms with Gasteiger partial charge in [0, 0.05) is 18.5 Å². The highest BCUT2D eigenvalue weighted by molar-refractivity contribution is 5.80. The summed E-state index contributed by atoms with van der Waals surface area (Å²) in [6.45, 7) is 6.90. The van der Waals surface area contributed by atoms with Gasteiger partial charge in [-0.15, -0.1) is 10.2 Å². The van der Waals surface area contributed by atoms with E-state index in [1.807, 2.05) is 0 Å². The van der Waals surface area contributed by atoms with E-state index in [2.05, 4.69) is 41.5 Å². The quantitative estimate of drug-likeness (QED) is 0.769. The number of carbonyl (C=O) groups excluding carboxylic acids is 1. The second-order valence-corrected chi connectivity index (χ2v) is 4.84. The number of carbonyl (C=O) groups is 1. The number of hydrogen-bond acceptors (Lipinski definition) is 5. The topological polar surface area (TPSA) is 72.7 Å². The molecule has 1 heterocycles. The summed E-state index contributed by atoms with van der Waals surface area (Å²) in [7, 11) is 1.68. The summed E-state index contributed by atoms with van der Waals surface area (Å²) in [5.41, 5.74) is 0.0467. The smallest absolute Gasteiger partial charge is 0.182 e. The van der Waals surface area contributed by atoms with Crippen LogP contribution in [0.3, 0.4) is 0 Å². The molecule has 1 aromatic heterocycles. The number of ketones is 1. The minimum absolute atomic E-state index is 0.0467. The predicted molar refractivity (Wildman–Crippen MR) is 59.9 cm³/mol. The van der Waals surface area contributed by atoms with Crippen molar-refractivity contribution >= 4 is 5.78 Å². The molecule has 0 saturated heterocycles. The van der Waals surface area contributed by atoms with Gasteiger partial charge in [0.25, 0.3) is 0 Å². The van der Waals surface area contributed by atoms with Gasteiger partial charge in [-0.25, -0.2) is 0 Å². The molecule has 1 aromatic rings. The van der Waals surface area contributed by atoms with Crippen LogP contribution < -0.4 is 5.32 Å². The van der Waals surface area contributed by atoms with Crippen LogP contribution >= 0.6 is 0 Å². The van der Waals surface area contributed by atoms with Gasteiger partial charge in [-0.05, 0) is 26.0 Å². The van der Waals surface area contributed by atoms with Crippen molar-refractivity contribution in [2.24, 2.45) is 7.05 Å². The molecular formula is C10H19N5O. The van der Waals surface area contributed by atoms with Crippen LogP contribution in [0.4, 0.5) is 0 Å². The van der Waals surface area contributed by atoms with Crippen LogP contribution in [0.25, 0.3) is 0 Å². The number of hydrogen-bond donors (Lipinski definition) is 1. The Morgan fingerprint density at radius 2 is 2.12 bits per heavy atom. The molecule has 0 aliphatic heterocycles. The fourth-order valence-corrected chi connectivity index (χ4v) is 1.24. The lowest BCUT2D eigenvalue weighted by Crippen LogP contribution is -2.37. The number of tetrazole rings is 1. The number of aromatic nitrogens is 4. The standard InChI is InChI=1S/C10H19N5O/c1-10(2,3)11-6-5-8(16)7-9-12-14-15(4)13-9/h11H,5-7H2,1-4H3. The van der Waals surface area contributed by atoms with Gasteiger partial charge in [0.15, 0.2) is 5.82 Å². The van der Waals surface area contributed by atoms with Crippen LogP contribution in [0.5, 0.6) is 0 Å². The maximum atomic E-state index is 11.6. The van der Waals surface area contributed by atoms with E-state index < -0.39 is 0 Å². The fourth-order valence-electron chi connectivity index (χ4n) is 1.24. The van der Waals surface area contributed by atoms with Crippen LogP contribution in [-0.4, -0.2) is 38.1 Å². The Hall–Kier alpha value is -1.30. The maximum Gasteiger partial charge on any atom is 0.182 e. The van der Waals surface area contributed by atoms with E-state index in [4.69, 9.17) is 0 Å². The van der Waals surface area contributed by atoms with Crippen molar-refractivity contribution in [2.45, 2.75) is 39.2 Å². The molecule has 0 spiro atoms. The molecule has 0 aliphatic carbocycles. The van der Waals surface area contributed by atoms with E-state index in [1.54, 1.807) is 7.05 Å². The average molecular weight is 225 g/mol. The predicted octanol–water partition coefficient (Wildman–Crippen LogP) is 0.0999. The molecule has 0 aliphatic rings. The van der Waals surface area contributed by atoms with Crippen molar-refractivity contribution in [3.8, 4) is 0 Å². The molecule has 6 nitrogen and oxygen atoms in total. The lowest BCUT2D eigenvalue weighted by atomic mass is 10.1. The normalized spacial score (nSPS) is 11.8. The third-order valence-corrected chi connectivity index (χ3v) is 1.96. The summed E-state index contributed by atoms with van der Waals surface area (Å²) >= 11 is 0. The lowest BCUT2D eigenvalue weighted by molar-refractivity contribution is -0.118. The van der Waals surface area contributed by atoms with Gasteiger partial charge in [0.2, 0.25) is 0 Å². The Morgan fingerprint density at radius 3 is 2.62 bits per heavy atom. The molecule has 0 unspecified atom stereocenters. The van der Waals surface area contributed by atoms with Crippen molar-refractivity contribution in [3.05, 3.63) is 5.82 Å². The highest BCUT2D eigenvalue weighted by Crippen LogP contribution is 1.99. The molecule has 0 amide bonds. The summed E-state index contributed by atoms with van der Waals surface area (Å²) < 4.78 is 0. The van der Waals surface area contributed by atoms with Crippen LogP contribution in [0.15, 0.2) is 0 Å². The van der Waals surface area contributed by atoms with Gasteiger partial charge in [0.1, 0.15) is 5.78 Å². The Bertz CT molecular complexity index is 352. The Balaban J connectivity index is 2.26. The first-order chi connectivity index (χ1) is 7.37. The molecule has 0 fully saturated rings. The van der Waals surface area contributed by atoms with E-state index >= 15 is 0 Å². The van der Waals surface area contributed by atoms with E-state index in [1.165, 1.54) is 4.80 Å². The first-order valence-electron chi connectivity index (χ1n) is 5.36. The van der Waals surface area contributed by atoms with Gasteiger partial charge >= 0.3 is 0 Å². The third kappa shape index (κ3) is 4.97. The molecule has 1 rings (SSSR count). The largest absolute Gasteiger partial charge is 0.312 e. The molecule has 0 aromatic carbocycles. The van der Waals surface area contributed by atoms with E-state index in [9.17, 15) is 4.79 Å². The number of rotatable bonds is 5. The molecule has 90 valence electrons. The van der Waals surface area contributed by atoms with Crippen molar-refractivity contribution in [1.82, 2.24) is 25.5 Å². The molecule has 16 heavy (non-hydrogen) atoms. The summed E-state index contributed by atoms with van der Waals surface area (Å²) in [5.74, 6) is 0.619. The van der Waals surface area contributed by atoms with Gasteiger partial charge in [-0.2, -0.15) is 4.80 Å². The maximum absolute atomic E-state index is 11.6. The van der Waals surface area contributed by atoms with Crippen LogP contribution in [0, 0.1) is 0 Å². The third-order valence-electron chi connectivity index (χ3n) is 1.96. The van der Waals surface area contributed by atoms with Gasteiger partial charge < -0.3 is 5.32 Å². The van der Waals surface area contributed by atoms with E-state index in [-0.39, 0.29) is 17.7 Å². The first-order valence-corrected chi connectivity index (χ1v) is 5.36. The zero-order valence-corrected chi connectivity index (χ0v) is 10.3. The minimum atomic E-state index is 0.0467. The average Bonchev–Trinajstić information content (AvgIpc) is 2.48. The number of nitrogens with one attached hydrogen (secondary N) is 1. The molecule has 6 heteroatoms. The Morgan fingerprint density at radius 1 is 1.44 bits per heavy atom. The zero-order valence-electron chi connectivity index (χ0n) is 10.3. The van der Waals surface area contributed by atoms with Crippen LogP contribution in [0.2, 0.25) is 0 Å². The summed E-state index contributed by atoms with van der Waals surface area (Å²) in [6, 6.07) is 0. The number of nitrogens with zero attached hydrogens (tertiary/aromatic N) is 4. The Labute approximate surface area is 95.4 Å². The highest BCUT2D eigenvalue weighted by Gasteiger charge is 2.11. The number of Topliss-reactive ketones (excluding diaryl/α,β-unsaturated/α-hetero) is 1. The van der Waals surface area contributed by atoms with Crippen molar-refractivity contribution in [2.75, 3.05) is 6.54 Å². The van der Waals surface area contributed by atoms with Crippen molar-refractivity contribution in [3.63, 3.8) is 0 Å². The highest BCUT2D eigenvalue weighted by atomic mass is 16.1.